The van der Waals surface area contributed by atoms with E-state index in [-0.39, 0.29) is 5.91 Å². The number of aromatic nitrogens is 1. The molecule has 29 heavy (non-hydrogen) atoms. The number of fused-ring (bicyclic) bond motifs is 1. The van der Waals surface area contributed by atoms with Crippen LogP contribution in [0.1, 0.15) is 42.7 Å². The van der Waals surface area contributed by atoms with Gasteiger partial charge in [-0.15, -0.1) is 0 Å². The predicted octanol–water partition coefficient (Wildman–Crippen LogP) is 6.86. The van der Waals surface area contributed by atoms with Gasteiger partial charge in [0, 0.05) is 31.1 Å². The molecule has 1 aliphatic rings. The van der Waals surface area contributed by atoms with Gasteiger partial charge in [0.05, 0.1) is 20.6 Å². The highest BCUT2D eigenvalue weighted by Gasteiger charge is 2.23. The quantitative estimate of drug-likeness (QED) is 0.424. The number of H-pyrrole nitrogens is 1. The lowest BCUT2D eigenvalue weighted by atomic mass is 9.89. The minimum absolute atomic E-state index is 0.246. The average molecular weight is 450 g/mol. The molecular weight excluding hydrogens is 427 g/mol. The monoisotopic (exact) mass is 448 g/mol. The van der Waals surface area contributed by atoms with E-state index in [9.17, 15) is 4.79 Å². The first kappa shape index (κ1) is 20.6. The molecule has 0 unspecified atom stereocenters. The van der Waals surface area contributed by atoms with Crippen molar-refractivity contribution in [3.8, 4) is 0 Å². The normalized spacial score (nSPS) is 15.2. The number of amides is 1. The number of hydrogen-bond acceptors (Lipinski definition) is 1. The molecule has 1 saturated heterocycles. The molecular formula is C23H23Cl3N2O. The van der Waals surface area contributed by atoms with E-state index < -0.39 is 0 Å². The predicted molar refractivity (Wildman–Crippen MR) is 121 cm³/mol. The Balaban J connectivity index is 1.30. The average Bonchev–Trinajstić information content (AvgIpc) is 3.15. The maximum atomic E-state index is 12.6. The Morgan fingerprint density at radius 2 is 1.79 bits per heavy atom. The molecule has 6 heteroatoms. The summed E-state index contributed by atoms with van der Waals surface area (Å²) in [5, 5.41) is 2.23. The van der Waals surface area contributed by atoms with Crippen LogP contribution in [0.3, 0.4) is 0 Å². The number of halogens is 3. The minimum atomic E-state index is 0.246. The van der Waals surface area contributed by atoms with Crippen molar-refractivity contribution in [2.24, 2.45) is 0 Å². The molecule has 1 aliphatic heterocycles. The lowest BCUT2D eigenvalue weighted by Gasteiger charge is -2.32. The first-order chi connectivity index (χ1) is 14.0. The van der Waals surface area contributed by atoms with Gasteiger partial charge in [-0.1, -0.05) is 65.1 Å². The van der Waals surface area contributed by atoms with Gasteiger partial charge >= 0.3 is 0 Å². The van der Waals surface area contributed by atoms with Crippen LogP contribution in [-0.2, 0) is 11.2 Å². The van der Waals surface area contributed by atoms with Gasteiger partial charge in [-0.25, -0.2) is 0 Å². The zero-order valence-electron chi connectivity index (χ0n) is 16.1. The van der Waals surface area contributed by atoms with Gasteiger partial charge in [-0.05, 0) is 48.8 Å². The molecule has 0 bridgehead atoms. The third kappa shape index (κ3) is 4.42. The van der Waals surface area contributed by atoms with Gasteiger partial charge in [-0.2, -0.15) is 0 Å². The zero-order chi connectivity index (χ0) is 20.4. The Morgan fingerprint density at radius 3 is 2.52 bits per heavy atom. The number of hydrogen-bond donors (Lipinski definition) is 1. The van der Waals surface area contributed by atoms with E-state index >= 15 is 0 Å². The minimum Gasteiger partial charge on any atom is -0.360 e. The number of likely N-dealkylation sites (tertiary alicyclic amines) is 1. The van der Waals surface area contributed by atoms with E-state index in [1.165, 1.54) is 5.56 Å². The van der Waals surface area contributed by atoms with Crippen molar-refractivity contribution in [2.75, 3.05) is 13.1 Å². The van der Waals surface area contributed by atoms with Crippen LogP contribution in [-0.4, -0.2) is 28.9 Å². The number of aryl methyl sites for hydroxylation is 1. The van der Waals surface area contributed by atoms with Gasteiger partial charge < -0.3 is 9.88 Å². The Labute approximate surface area is 185 Å². The Bertz CT molecular complexity index is 1010. The number of benzene rings is 2. The van der Waals surface area contributed by atoms with Crippen molar-refractivity contribution in [2.45, 2.75) is 38.0 Å². The number of piperidine rings is 1. The number of nitrogens with zero attached hydrogens (tertiary/aromatic N) is 1. The van der Waals surface area contributed by atoms with Crippen LogP contribution in [0.25, 0.3) is 10.9 Å². The molecule has 1 amide bonds. The third-order valence-corrected chi connectivity index (χ3v) is 7.12. The fraction of sp³-hybridized carbons (Fsp3) is 0.348. The van der Waals surface area contributed by atoms with E-state index in [2.05, 4.69) is 29.2 Å². The van der Waals surface area contributed by atoms with Crippen molar-refractivity contribution < 1.29 is 4.79 Å². The number of carbonyl (C=O) groups excluding carboxylic acids is 1. The number of aromatic amines is 1. The van der Waals surface area contributed by atoms with Crippen molar-refractivity contribution in [1.29, 1.82) is 0 Å². The lowest BCUT2D eigenvalue weighted by molar-refractivity contribution is -0.132. The molecule has 0 atom stereocenters. The molecule has 3 aromatic rings. The summed E-state index contributed by atoms with van der Waals surface area (Å²) < 4.78 is 0. The molecule has 0 aliphatic carbocycles. The fourth-order valence-corrected chi connectivity index (χ4v) is 4.87. The Hall–Kier alpha value is -1.68. The molecule has 1 N–H and O–H groups in total. The number of rotatable bonds is 5. The number of carbonyl (C=O) groups is 1. The standard InChI is InChI=1S/C23H23Cl3N2O/c24-19-13-18-17(14-27-23(18)22(26)21(19)25)7-4-8-20(29)28-11-9-16(10-12-28)15-5-2-1-3-6-15/h1-3,5-6,13-14,16,27H,4,7-12H2. The molecule has 0 saturated carbocycles. The first-order valence-corrected chi connectivity index (χ1v) is 11.1. The van der Waals surface area contributed by atoms with Crippen molar-refractivity contribution in [1.82, 2.24) is 9.88 Å². The molecule has 152 valence electrons. The first-order valence-electron chi connectivity index (χ1n) is 10.0. The third-order valence-electron chi connectivity index (χ3n) is 5.85. The van der Waals surface area contributed by atoms with E-state index in [4.69, 9.17) is 34.8 Å². The van der Waals surface area contributed by atoms with Crippen LogP contribution in [0.4, 0.5) is 0 Å². The summed E-state index contributed by atoms with van der Waals surface area (Å²) in [7, 11) is 0. The zero-order valence-corrected chi connectivity index (χ0v) is 18.3. The summed E-state index contributed by atoms with van der Waals surface area (Å²) in [5.74, 6) is 0.809. The molecule has 0 radical (unpaired) electrons. The SMILES string of the molecule is O=C(CCCc1c[nH]c2c(Cl)c(Cl)c(Cl)cc12)N1CCC(c2ccccc2)CC1. The number of nitrogens with one attached hydrogen (secondary N) is 1. The molecule has 3 nitrogen and oxygen atoms in total. The van der Waals surface area contributed by atoms with Crippen molar-refractivity contribution in [3.63, 3.8) is 0 Å². The van der Waals surface area contributed by atoms with Gasteiger partial charge in [0.15, 0.2) is 0 Å². The smallest absolute Gasteiger partial charge is 0.222 e. The van der Waals surface area contributed by atoms with E-state index in [0.717, 1.165) is 55.2 Å². The molecule has 1 fully saturated rings. The van der Waals surface area contributed by atoms with Crippen molar-refractivity contribution in [3.05, 3.63) is 68.8 Å². The van der Waals surface area contributed by atoms with Gasteiger partial charge in [0.1, 0.15) is 0 Å². The second-order valence-electron chi connectivity index (χ2n) is 7.64. The molecule has 4 rings (SSSR count). The summed E-state index contributed by atoms with van der Waals surface area (Å²) in [4.78, 5) is 17.8. The summed E-state index contributed by atoms with van der Waals surface area (Å²) in [6, 6.07) is 12.4. The largest absolute Gasteiger partial charge is 0.360 e. The second-order valence-corrected chi connectivity index (χ2v) is 8.81. The van der Waals surface area contributed by atoms with E-state index in [1.54, 1.807) is 0 Å². The van der Waals surface area contributed by atoms with Crippen LogP contribution in [0.2, 0.25) is 15.1 Å². The highest BCUT2D eigenvalue weighted by molar-refractivity contribution is 6.50. The fourth-order valence-electron chi connectivity index (χ4n) is 4.21. The van der Waals surface area contributed by atoms with E-state index in [1.807, 2.05) is 23.2 Å². The molecule has 0 spiro atoms. The topological polar surface area (TPSA) is 36.1 Å². The highest BCUT2D eigenvalue weighted by atomic mass is 35.5. The van der Waals surface area contributed by atoms with Crippen LogP contribution in [0.15, 0.2) is 42.6 Å². The van der Waals surface area contributed by atoms with Gasteiger partial charge in [-0.3, -0.25) is 4.79 Å². The van der Waals surface area contributed by atoms with Crippen LogP contribution in [0, 0.1) is 0 Å². The van der Waals surface area contributed by atoms with Gasteiger partial charge in [0.2, 0.25) is 5.91 Å². The maximum absolute atomic E-state index is 12.6. The second kappa shape index (κ2) is 8.99. The van der Waals surface area contributed by atoms with Gasteiger partial charge in [0.25, 0.3) is 0 Å². The van der Waals surface area contributed by atoms with E-state index in [0.29, 0.717) is 27.4 Å². The molecule has 2 heterocycles. The highest BCUT2D eigenvalue weighted by Crippen LogP contribution is 2.37. The summed E-state index contributed by atoms with van der Waals surface area (Å²) in [5.41, 5.74) is 3.29. The van der Waals surface area contributed by atoms with Crippen LogP contribution < -0.4 is 0 Å². The summed E-state index contributed by atoms with van der Waals surface area (Å²) >= 11 is 18.6. The van der Waals surface area contributed by atoms with Crippen LogP contribution in [0.5, 0.6) is 0 Å². The Kier molecular flexibility index (Phi) is 6.38. The van der Waals surface area contributed by atoms with Crippen LogP contribution >= 0.6 is 34.8 Å². The summed E-state index contributed by atoms with van der Waals surface area (Å²) in [6.07, 6.45) is 6.14. The lowest BCUT2D eigenvalue weighted by Crippen LogP contribution is -2.37. The Morgan fingerprint density at radius 1 is 1.07 bits per heavy atom. The molecule has 1 aromatic heterocycles. The van der Waals surface area contributed by atoms with Crippen molar-refractivity contribution >= 4 is 51.6 Å². The molecule has 2 aromatic carbocycles. The maximum Gasteiger partial charge on any atom is 0.222 e. The summed E-state index contributed by atoms with van der Waals surface area (Å²) in [6.45, 7) is 1.68.